The maximum absolute atomic E-state index is 11.4. The van der Waals surface area contributed by atoms with Crippen molar-refractivity contribution in [2.24, 2.45) is 0 Å². The summed E-state index contributed by atoms with van der Waals surface area (Å²) in [5.41, 5.74) is 3.51. The fourth-order valence-corrected chi connectivity index (χ4v) is 4.92. The maximum atomic E-state index is 11.4. The average molecular weight is 527 g/mol. The number of piperidine rings is 1. The number of aromatic nitrogens is 3. The SMILES string of the molecule is CCCCNc1cccc2c(Oc3ncccc3-c3ccnc(NC4CCCN(C(=O)O)C4)n3)c(C)ccc12. The number of amides is 1. The molecule has 9 nitrogen and oxygen atoms in total. The highest BCUT2D eigenvalue weighted by atomic mass is 16.5. The molecule has 1 amide bonds. The van der Waals surface area contributed by atoms with Gasteiger partial charge in [-0.25, -0.2) is 19.7 Å². The van der Waals surface area contributed by atoms with Gasteiger partial charge in [0.25, 0.3) is 0 Å². The van der Waals surface area contributed by atoms with Crippen LogP contribution in [0, 0.1) is 6.92 Å². The van der Waals surface area contributed by atoms with Gasteiger partial charge >= 0.3 is 6.09 Å². The van der Waals surface area contributed by atoms with E-state index in [1.165, 1.54) is 4.90 Å². The van der Waals surface area contributed by atoms with E-state index in [4.69, 9.17) is 9.72 Å². The van der Waals surface area contributed by atoms with Crippen LogP contribution in [0.4, 0.5) is 16.4 Å². The minimum atomic E-state index is -0.902. The molecule has 1 unspecified atom stereocenters. The predicted octanol–water partition coefficient (Wildman–Crippen LogP) is 6.56. The van der Waals surface area contributed by atoms with Gasteiger partial charge in [0.05, 0.1) is 11.3 Å². The maximum Gasteiger partial charge on any atom is 0.407 e. The Labute approximate surface area is 228 Å². The van der Waals surface area contributed by atoms with E-state index in [0.717, 1.165) is 65.6 Å². The van der Waals surface area contributed by atoms with Gasteiger partial charge in [0, 0.05) is 54.5 Å². The topological polar surface area (TPSA) is 112 Å². The zero-order valence-corrected chi connectivity index (χ0v) is 22.4. The third-order valence-electron chi connectivity index (χ3n) is 6.98. The van der Waals surface area contributed by atoms with Crippen LogP contribution in [0.1, 0.15) is 38.2 Å². The molecule has 0 radical (unpaired) electrons. The summed E-state index contributed by atoms with van der Waals surface area (Å²) in [5.74, 6) is 1.66. The lowest BCUT2D eigenvalue weighted by Crippen LogP contribution is -2.44. The second-order valence-electron chi connectivity index (χ2n) is 9.83. The molecule has 0 saturated carbocycles. The molecular weight excluding hydrogens is 492 g/mol. The molecule has 5 rings (SSSR count). The first-order valence-electron chi connectivity index (χ1n) is 13.5. The Kier molecular flexibility index (Phi) is 8.05. The fraction of sp³-hybridized carbons (Fsp3) is 0.333. The summed E-state index contributed by atoms with van der Waals surface area (Å²) in [5, 5.41) is 18.3. The van der Waals surface area contributed by atoms with Gasteiger partial charge in [-0.1, -0.05) is 37.6 Å². The molecule has 1 aliphatic heterocycles. The molecule has 2 aromatic heterocycles. The van der Waals surface area contributed by atoms with Gasteiger partial charge in [0.15, 0.2) is 0 Å². The largest absolute Gasteiger partial charge is 0.465 e. The summed E-state index contributed by atoms with van der Waals surface area (Å²) in [6.07, 6.45) is 6.39. The Morgan fingerprint density at radius 3 is 2.85 bits per heavy atom. The third-order valence-corrected chi connectivity index (χ3v) is 6.98. The number of pyridine rings is 1. The van der Waals surface area contributed by atoms with Gasteiger partial charge in [0.1, 0.15) is 5.75 Å². The fourth-order valence-electron chi connectivity index (χ4n) is 4.92. The summed E-state index contributed by atoms with van der Waals surface area (Å²) in [7, 11) is 0. The van der Waals surface area contributed by atoms with Crippen molar-refractivity contribution in [3.63, 3.8) is 0 Å². The smallest absolute Gasteiger partial charge is 0.407 e. The molecular formula is C30H34N6O3. The predicted molar refractivity (Wildman–Crippen MR) is 154 cm³/mol. The summed E-state index contributed by atoms with van der Waals surface area (Å²) in [4.78, 5) is 26.5. The number of carbonyl (C=O) groups is 1. The lowest BCUT2D eigenvalue weighted by atomic mass is 10.0. The van der Waals surface area contributed by atoms with Crippen molar-refractivity contribution in [1.29, 1.82) is 0 Å². The summed E-state index contributed by atoms with van der Waals surface area (Å²) in [6, 6.07) is 16.0. The summed E-state index contributed by atoms with van der Waals surface area (Å²) in [6.45, 7) is 6.09. The Morgan fingerprint density at radius 1 is 1.10 bits per heavy atom. The molecule has 0 bridgehead atoms. The minimum absolute atomic E-state index is 0.0480. The Bertz CT molecular complexity index is 1460. The van der Waals surface area contributed by atoms with Crippen LogP contribution < -0.4 is 15.4 Å². The van der Waals surface area contributed by atoms with E-state index in [-0.39, 0.29) is 6.04 Å². The number of rotatable bonds is 9. The van der Waals surface area contributed by atoms with Crippen molar-refractivity contribution in [1.82, 2.24) is 19.9 Å². The van der Waals surface area contributed by atoms with Crippen LogP contribution in [0.5, 0.6) is 11.6 Å². The second kappa shape index (κ2) is 12.0. The normalized spacial score (nSPS) is 15.2. The Hall–Kier alpha value is -4.40. The van der Waals surface area contributed by atoms with Crippen LogP contribution in [0.3, 0.4) is 0 Å². The summed E-state index contributed by atoms with van der Waals surface area (Å²) < 4.78 is 6.53. The van der Waals surface area contributed by atoms with Gasteiger partial charge in [-0.15, -0.1) is 0 Å². The highest BCUT2D eigenvalue weighted by Crippen LogP contribution is 2.38. The number of carboxylic acid groups (broad SMARTS) is 1. The number of nitrogens with one attached hydrogen (secondary N) is 2. The number of aryl methyl sites for hydroxylation is 1. The standard InChI is InChI=1S/C30H34N6O3/c1-3-4-15-31-25-11-5-9-23-22(25)13-12-20(2)27(23)39-28-24(10-6-16-32-28)26-14-17-33-29(35-26)34-21-8-7-18-36(19-21)30(37)38/h5-6,9-14,16-17,21,31H,3-4,7-8,15,18-19H2,1-2H3,(H,37,38)(H,33,34,35). The van der Waals surface area contributed by atoms with Crippen molar-refractivity contribution in [3.05, 3.63) is 66.5 Å². The number of anilines is 2. The first kappa shape index (κ1) is 26.2. The number of hydrogen-bond acceptors (Lipinski definition) is 7. The van der Waals surface area contributed by atoms with Crippen molar-refractivity contribution >= 4 is 28.5 Å². The minimum Gasteiger partial charge on any atom is -0.465 e. The van der Waals surface area contributed by atoms with Gasteiger partial charge in [-0.3, -0.25) is 0 Å². The first-order valence-corrected chi connectivity index (χ1v) is 13.5. The van der Waals surface area contributed by atoms with E-state index in [0.29, 0.717) is 30.6 Å². The zero-order valence-electron chi connectivity index (χ0n) is 22.4. The van der Waals surface area contributed by atoms with Crippen LogP contribution in [0.15, 0.2) is 60.9 Å². The molecule has 1 saturated heterocycles. The van der Waals surface area contributed by atoms with Gasteiger partial charge < -0.3 is 25.4 Å². The second-order valence-corrected chi connectivity index (χ2v) is 9.83. The first-order chi connectivity index (χ1) is 19.0. The molecule has 0 spiro atoms. The van der Waals surface area contributed by atoms with Crippen LogP contribution in [-0.2, 0) is 0 Å². The summed E-state index contributed by atoms with van der Waals surface area (Å²) >= 11 is 0. The van der Waals surface area contributed by atoms with E-state index < -0.39 is 6.09 Å². The molecule has 9 heteroatoms. The zero-order chi connectivity index (χ0) is 27.2. The lowest BCUT2D eigenvalue weighted by Gasteiger charge is -2.31. The van der Waals surface area contributed by atoms with Crippen LogP contribution in [0.2, 0.25) is 0 Å². The number of fused-ring (bicyclic) bond motifs is 1. The number of hydrogen-bond donors (Lipinski definition) is 3. The molecule has 202 valence electrons. The number of ether oxygens (including phenoxy) is 1. The quantitative estimate of drug-likeness (QED) is 0.210. The van der Waals surface area contributed by atoms with Gasteiger partial charge in [-0.2, -0.15) is 0 Å². The lowest BCUT2D eigenvalue weighted by molar-refractivity contribution is 0.132. The van der Waals surface area contributed by atoms with Crippen molar-refractivity contribution in [3.8, 4) is 22.9 Å². The molecule has 39 heavy (non-hydrogen) atoms. The van der Waals surface area contributed by atoms with E-state index in [9.17, 15) is 9.90 Å². The van der Waals surface area contributed by atoms with Crippen LogP contribution in [0.25, 0.3) is 22.0 Å². The monoisotopic (exact) mass is 526 g/mol. The van der Waals surface area contributed by atoms with Gasteiger partial charge in [0.2, 0.25) is 11.8 Å². The molecule has 1 aliphatic rings. The molecule has 3 N–H and O–H groups in total. The molecule has 2 aromatic carbocycles. The number of unbranched alkanes of at least 4 members (excludes halogenated alkanes) is 1. The number of likely N-dealkylation sites (tertiary alicyclic amines) is 1. The number of nitrogens with zero attached hydrogens (tertiary/aromatic N) is 4. The highest BCUT2D eigenvalue weighted by Gasteiger charge is 2.24. The van der Waals surface area contributed by atoms with E-state index in [1.807, 2.05) is 31.2 Å². The van der Waals surface area contributed by atoms with Gasteiger partial charge in [-0.05, 0) is 56.0 Å². The van der Waals surface area contributed by atoms with E-state index in [2.05, 4.69) is 51.8 Å². The van der Waals surface area contributed by atoms with Crippen LogP contribution in [-0.4, -0.2) is 56.7 Å². The third kappa shape index (κ3) is 6.03. The van der Waals surface area contributed by atoms with Crippen LogP contribution >= 0.6 is 0 Å². The molecule has 0 aliphatic carbocycles. The van der Waals surface area contributed by atoms with Crippen molar-refractivity contribution < 1.29 is 14.6 Å². The average Bonchev–Trinajstić information content (AvgIpc) is 2.95. The molecule has 3 heterocycles. The molecule has 1 atom stereocenters. The Balaban J connectivity index is 1.43. The Morgan fingerprint density at radius 2 is 2.00 bits per heavy atom. The highest BCUT2D eigenvalue weighted by molar-refractivity contribution is 5.98. The van der Waals surface area contributed by atoms with E-state index in [1.54, 1.807) is 12.4 Å². The number of benzene rings is 2. The van der Waals surface area contributed by atoms with Crippen molar-refractivity contribution in [2.45, 2.75) is 45.6 Å². The van der Waals surface area contributed by atoms with Crippen molar-refractivity contribution in [2.75, 3.05) is 30.3 Å². The van der Waals surface area contributed by atoms with E-state index >= 15 is 0 Å². The molecule has 1 fully saturated rings. The molecule has 4 aromatic rings.